The highest BCUT2D eigenvalue weighted by Crippen LogP contribution is 2.25. The van der Waals surface area contributed by atoms with E-state index in [0.717, 1.165) is 6.07 Å². The molecule has 0 aliphatic heterocycles. The van der Waals surface area contributed by atoms with Crippen LogP contribution in [0.3, 0.4) is 0 Å². The van der Waals surface area contributed by atoms with Gasteiger partial charge in [0.1, 0.15) is 0 Å². The van der Waals surface area contributed by atoms with Crippen molar-refractivity contribution in [3.8, 4) is 0 Å². The van der Waals surface area contributed by atoms with Gasteiger partial charge in [0.15, 0.2) is 0 Å². The molecule has 0 radical (unpaired) electrons. The lowest BCUT2D eigenvalue weighted by atomic mass is 10.1. The Bertz CT molecular complexity index is 642. The normalized spacial score (nSPS) is 11.3. The Kier molecular flexibility index (Phi) is 4.66. The molecule has 0 unspecified atom stereocenters. The first-order chi connectivity index (χ1) is 8.65. The summed E-state index contributed by atoms with van der Waals surface area (Å²) in [4.78, 5) is 21.3. The standard InChI is InChI=1S/C10H11BrN2O5S/c1-5-7(11)2-6(10(15)16)3-8(5)19(17,18)13-4-9(12)14/h2-3,13H,4H2,1H3,(H2,12,14)(H,15,16). The summed E-state index contributed by atoms with van der Waals surface area (Å²) in [5, 5.41) is 8.90. The van der Waals surface area contributed by atoms with Crippen molar-refractivity contribution in [3.05, 3.63) is 27.7 Å². The molecule has 19 heavy (non-hydrogen) atoms. The molecule has 4 N–H and O–H groups in total. The first-order valence-corrected chi connectivity index (χ1v) is 7.24. The molecule has 0 aliphatic carbocycles. The van der Waals surface area contributed by atoms with Gasteiger partial charge in [-0.3, -0.25) is 4.79 Å². The third-order valence-corrected chi connectivity index (χ3v) is 4.62. The maximum atomic E-state index is 12.0. The average molecular weight is 351 g/mol. The summed E-state index contributed by atoms with van der Waals surface area (Å²) in [5.41, 5.74) is 5.01. The van der Waals surface area contributed by atoms with Gasteiger partial charge in [0.25, 0.3) is 0 Å². The van der Waals surface area contributed by atoms with Crippen LogP contribution in [-0.2, 0) is 14.8 Å². The van der Waals surface area contributed by atoms with E-state index in [1.807, 2.05) is 4.72 Å². The highest BCUT2D eigenvalue weighted by molar-refractivity contribution is 9.10. The summed E-state index contributed by atoms with van der Waals surface area (Å²) >= 11 is 3.09. The van der Waals surface area contributed by atoms with Gasteiger partial charge in [0.2, 0.25) is 15.9 Å². The van der Waals surface area contributed by atoms with E-state index >= 15 is 0 Å². The molecule has 0 aromatic heterocycles. The molecule has 1 aromatic carbocycles. The fourth-order valence-electron chi connectivity index (χ4n) is 1.30. The van der Waals surface area contributed by atoms with Gasteiger partial charge in [0, 0.05) is 4.47 Å². The number of benzene rings is 1. The van der Waals surface area contributed by atoms with Gasteiger partial charge in [-0.25, -0.2) is 17.9 Å². The van der Waals surface area contributed by atoms with Crippen LogP contribution in [0.1, 0.15) is 15.9 Å². The van der Waals surface area contributed by atoms with Crippen molar-refractivity contribution >= 4 is 37.8 Å². The van der Waals surface area contributed by atoms with Gasteiger partial charge in [-0.2, -0.15) is 0 Å². The van der Waals surface area contributed by atoms with Crippen LogP contribution in [0.4, 0.5) is 0 Å². The van der Waals surface area contributed by atoms with E-state index in [1.54, 1.807) is 0 Å². The topological polar surface area (TPSA) is 127 Å². The van der Waals surface area contributed by atoms with Crippen LogP contribution in [0.15, 0.2) is 21.5 Å². The first-order valence-electron chi connectivity index (χ1n) is 4.96. The largest absolute Gasteiger partial charge is 0.478 e. The Morgan fingerprint density at radius 1 is 1.42 bits per heavy atom. The minimum Gasteiger partial charge on any atom is -0.478 e. The molecule has 0 atom stereocenters. The molecule has 9 heteroatoms. The van der Waals surface area contributed by atoms with Crippen molar-refractivity contribution in [2.45, 2.75) is 11.8 Å². The molecular formula is C10H11BrN2O5S. The quantitative estimate of drug-likeness (QED) is 0.699. The molecule has 0 spiro atoms. The third kappa shape index (κ3) is 3.75. The Balaban J connectivity index is 3.33. The fraction of sp³-hybridized carbons (Fsp3) is 0.200. The number of carbonyl (C=O) groups is 2. The number of hydrogen-bond donors (Lipinski definition) is 3. The van der Waals surface area contributed by atoms with Crippen molar-refractivity contribution in [2.75, 3.05) is 6.54 Å². The molecule has 1 amide bonds. The lowest BCUT2D eigenvalue weighted by Gasteiger charge is -2.10. The molecule has 0 aliphatic rings. The monoisotopic (exact) mass is 350 g/mol. The number of nitrogens with one attached hydrogen (secondary N) is 1. The first kappa shape index (κ1) is 15.6. The molecule has 104 valence electrons. The predicted molar refractivity (Wildman–Crippen MR) is 70.2 cm³/mol. The van der Waals surface area contributed by atoms with Gasteiger partial charge in [-0.05, 0) is 24.6 Å². The van der Waals surface area contributed by atoms with Crippen LogP contribution in [0.5, 0.6) is 0 Å². The van der Waals surface area contributed by atoms with Crippen molar-refractivity contribution < 1.29 is 23.1 Å². The summed E-state index contributed by atoms with van der Waals surface area (Å²) in [6.07, 6.45) is 0. The van der Waals surface area contributed by atoms with E-state index in [9.17, 15) is 18.0 Å². The number of amides is 1. The zero-order chi connectivity index (χ0) is 14.8. The van der Waals surface area contributed by atoms with Crippen molar-refractivity contribution in [3.63, 3.8) is 0 Å². The molecule has 0 fully saturated rings. The third-order valence-electron chi connectivity index (χ3n) is 2.27. The number of sulfonamides is 1. The van der Waals surface area contributed by atoms with Gasteiger partial charge in [-0.15, -0.1) is 0 Å². The summed E-state index contributed by atoms with van der Waals surface area (Å²) in [7, 11) is -4.01. The number of hydrogen-bond acceptors (Lipinski definition) is 4. The molecule has 0 heterocycles. The second-order valence-corrected chi connectivity index (χ2v) is 6.27. The van der Waals surface area contributed by atoms with Crippen LogP contribution in [0.2, 0.25) is 0 Å². The number of carboxylic acids is 1. The lowest BCUT2D eigenvalue weighted by molar-refractivity contribution is -0.116. The fourth-order valence-corrected chi connectivity index (χ4v) is 3.17. The highest BCUT2D eigenvalue weighted by atomic mass is 79.9. The molecule has 0 bridgehead atoms. The van der Waals surface area contributed by atoms with E-state index in [1.165, 1.54) is 13.0 Å². The van der Waals surface area contributed by atoms with Gasteiger partial charge < -0.3 is 10.8 Å². The summed E-state index contributed by atoms with van der Waals surface area (Å²) in [6.45, 7) is 0.950. The van der Waals surface area contributed by atoms with Gasteiger partial charge in [-0.1, -0.05) is 15.9 Å². The minimum absolute atomic E-state index is 0.183. The second kappa shape index (κ2) is 5.68. The zero-order valence-corrected chi connectivity index (χ0v) is 12.2. The number of carbonyl (C=O) groups excluding carboxylic acids is 1. The molecule has 0 saturated heterocycles. The minimum atomic E-state index is -4.01. The maximum Gasteiger partial charge on any atom is 0.335 e. The van der Waals surface area contributed by atoms with E-state index in [0.29, 0.717) is 10.0 Å². The zero-order valence-electron chi connectivity index (χ0n) is 9.81. The molecular weight excluding hydrogens is 340 g/mol. The van der Waals surface area contributed by atoms with E-state index in [4.69, 9.17) is 10.8 Å². The second-order valence-electron chi connectivity index (χ2n) is 3.68. The number of rotatable bonds is 5. The van der Waals surface area contributed by atoms with Gasteiger partial charge >= 0.3 is 5.97 Å². The van der Waals surface area contributed by atoms with Crippen LogP contribution < -0.4 is 10.5 Å². The smallest absolute Gasteiger partial charge is 0.335 e. The van der Waals surface area contributed by atoms with Crippen LogP contribution in [0, 0.1) is 6.92 Å². The number of nitrogens with two attached hydrogens (primary N) is 1. The molecule has 0 saturated carbocycles. The van der Waals surface area contributed by atoms with Crippen molar-refractivity contribution in [1.29, 1.82) is 0 Å². The Morgan fingerprint density at radius 2 is 2.00 bits per heavy atom. The van der Waals surface area contributed by atoms with E-state index in [-0.39, 0.29) is 10.5 Å². The summed E-state index contributed by atoms with van der Waals surface area (Å²) in [6, 6.07) is 2.32. The molecule has 1 aromatic rings. The Hall–Kier alpha value is -1.45. The summed E-state index contributed by atoms with van der Waals surface area (Å²) in [5.74, 6) is -2.10. The summed E-state index contributed by atoms with van der Waals surface area (Å²) < 4.78 is 26.2. The Labute approximate surface area is 118 Å². The van der Waals surface area contributed by atoms with Crippen LogP contribution in [0.25, 0.3) is 0 Å². The van der Waals surface area contributed by atoms with Crippen molar-refractivity contribution in [1.82, 2.24) is 4.72 Å². The number of halogens is 1. The van der Waals surface area contributed by atoms with E-state index < -0.39 is 28.4 Å². The van der Waals surface area contributed by atoms with E-state index in [2.05, 4.69) is 15.9 Å². The lowest BCUT2D eigenvalue weighted by Crippen LogP contribution is -2.33. The van der Waals surface area contributed by atoms with Crippen LogP contribution >= 0.6 is 15.9 Å². The maximum absolute atomic E-state index is 12.0. The number of aromatic carboxylic acids is 1. The molecule has 1 rings (SSSR count). The average Bonchev–Trinajstić information content (AvgIpc) is 2.29. The van der Waals surface area contributed by atoms with Crippen LogP contribution in [-0.4, -0.2) is 31.9 Å². The number of carboxylic acid groups (broad SMARTS) is 1. The highest BCUT2D eigenvalue weighted by Gasteiger charge is 2.21. The predicted octanol–water partition coefficient (Wildman–Crippen LogP) is 0.219. The van der Waals surface area contributed by atoms with Crippen molar-refractivity contribution in [2.24, 2.45) is 5.73 Å². The number of primary amides is 1. The van der Waals surface area contributed by atoms with Gasteiger partial charge in [0.05, 0.1) is 17.0 Å². The SMILES string of the molecule is Cc1c(Br)cc(C(=O)O)cc1S(=O)(=O)NCC(N)=O. The Morgan fingerprint density at radius 3 is 2.47 bits per heavy atom. The molecule has 7 nitrogen and oxygen atoms in total.